The second-order valence-corrected chi connectivity index (χ2v) is 6.87. The molecule has 3 heteroatoms. The SMILES string of the molecule is Cc1ccccc1CC1(NC(=O)c2cccn2C2CC2)CC1. The van der Waals surface area contributed by atoms with Crippen molar-refractivity contribution in [2.45, 2.75) is 50.6 Å². The van der Waals surface area contributed by atoms with Crippen molar-refractivity contribution in [1.29, 1.82) is 0 Å². The quantitative estimate of drug-likeness (QED) is 0.897. The zero-order valence-corrected chi connectivity index (χ0v) is 13.0. The van der Waals surface area contributed by atoms with Gasteiger partial charge in [-0.05, 0) is 62.3 Å². The number of carbonyl (C=O) groups is 1. The lowest BCUT2D eigenvalue weighted by molar-refractivity contribution is 0.0921. The molecule has 1 amide bonds. The van der Waals surface area contributed by atoms with Crippen LogP contribution in [0.4, 0.5) is 0 Å². The summed E-state index contributed by atoms with van der Waals surface area (Å²) < 4.78 is 2.14. The van der Waals surface area contributed by atoms with Gasteiger partial charge in [0.25, 0.3) is 5.91 Å². The Hall–Kier alpha value is -2.03. The molecule has 1 N–H and O–H groups in total. The predicted octanol–water partition coefficient (Wildman–Crippen LogP) is 3.64. The van der Waals surface area contributed by atoms with Gasteiger partial charge in [-0.1, -0.05) is 24.3 Å². The Morgan fingerprint density at radius 2 is 2.00 bits per heavy atom. The second kappa shape index (κ2) is 5.01. The molecule has 2 aromatic rings. The van der Waals surface area contributed by atoms with Crippen LogP contribution in [0.2, 0.25) is 0 Å². The number of hydrogen-bond acceptors (Lipinski definition) is 1. The van der Waals surface area contributed by atoms with Crippen LogP contribution in [0.25, 0.3) is 0 Å². The highest BCUT2D eigenvalue weighted by atomic mass is 16.2. The summed E-state index contributed by atoms with van der Waals surface area (Å²) in [7, 11) is 0. The topological polar surface area (TPSA) is 34.0 Å². The number of benzene rings is 1. The van der Waals surface area contributed by atoms with Gasteiger partial charge in [0, 0.05) is 17.8 Å². The van der Waals surface area contributed by atoms with Crippen molar-refractivity contribution in [2.75, 3.05) is 0 Å². The van der Waals surface area contributed by atoms with E-state index < -0.39 is 0 Å². The van der Waals surface area contributed by atoms with Crippen LogP contribution in [0.5, 0.6) is 0 Å². The van der Waals surface area contributed by atoms with Crippen LogP contribution in [-0.4, -0.2) is 16.0 Å². The van der Waals surface area contributed by atoms with Gasteiger partial charge in [-0.2, -0.15) is 0 Å². The molecule has 0 aliphatic heterocycles. The molecule has 3 nitrogen and oxygen atoms in total. The number of amides is 1. The van der Waals surface area contributed by atoms with Crippen LogP contribution in [-0.2, 0) is 6.42 Å². The number of aryl methyl sites for hydroxylation is 1. The minimum absolute atomic E-state index is 0.0259. The lowest BCUT2D eigenvalue weighted by Crippen LogP contribution is -2.39. The zero-order valence-electron chi connectivity index (χ0n) is 13.0. The smallest absolute Gasteiger partial charge is 0.268 e. The number of hydrogen-bond donors (Lipinski definition) is 1. The van der Waals surface area contributed by atoms with Crippen molar-refractivity contribution in [3.05, 3.63) is 59.4 Å². The monoisotopic (exact) mass is 294 g/mol. The van der Waals surface area contributed by atoms with Crippen LogP contribution >= 0.6 is 0 Å². The maximum absolute atomic E-state index is 12.7. The molecule has 0 bridgehead atoms. The first-order valence-corrected chi connectivity index (χ1v) is 8.21. The molecular weight excluding hydrogens is 272 g/mol. The van der Waals surface area contributed by atoms with E-state index in [9.17, 15) is 4.79 Å². The van der Waals surface area contributed by atoms with E-state index >= 15 is 0 Å². The average molecular weight is 294 g/mol. The van der Waals surface area contributed by atoms with Gasteiger partial charge in [-0.3, -0.25) is 4.79 Å². The molecule has 1 aromatic heterocycles. The first-order chi connectivity index (χ1) is 10.7. The lowest BCUT2D eigenvalue weighted by Gasteiger charge is -2.19. The molecule has 0 unspecified atom stereocenters. The van der Waals surface area contributed by atoms with E-state index in [1.165, 1.54) is 24.0 Å². The second-order valence-electron chi connectivity index (χ2n) is 6.87. The fourth-order valence-corrected chi connectivity index (χ4v) is 3.23. The molecule has 4 rings (SSSR count). The third-order valence-electron chi connectivity index (χ3n) is 4.97. The van der Waals surface area contributed by atoms with Gasteiger partial charge in [0.15, 0.2) is 0 Å². The van der Waals surface area contributed by atoms with Gasteiger partial charge in [-0.25, -0.2) is 0 Å². The Bertz CT molecular complexity index is 708. The standard InChI is InChI=1S/C19H22N2O/c1-14-5-2-3-6-15(14)13-19(10-11-19)20-18(22)17-7-4-12-21(17)16-8-9-16/h2-7,12,16H,8-11,13H2,1H3,(H,20,22). The summed E-state index contributed by atoms with van der Waals surface area (Å²) in [5, 5.41) is 3.31. The summed E-state index contributed by atoms with van der Waals surface area (Å²) in [6.07, 6.45) is 7.53. The van der Waals surface area contributed by atoms with E-state index in [0.717, 1.165) is 25.0 Å². The van der Waals surface area contributed by atoms with E-state index in [1.54, 1.807) is 0 Å². The van der Waals surface area contributed by atoms with Crippen molar-refractivity contribution >= 4 is 5.91 Å². The summed E-state index contributed by atoms with van der Waals surface area (Å²) in [6, 6.07) is 12.9. The fourth-order valence-electron chi connectivity index (χ4n) is 3.23. The summed E-state index contributed by atoms with van der Waals surface area (Å²) in [5.74, 6) is 0.0861. The van der Waals surface area contributed by atoms with Gasteiger partial charge in [0.2, 0.25) is 0 Å². The highest BCUT2D eigenvalue weighted by molar-refractivity contribution is 5.93. The summed E-state index contributed by atoms with van der Waals surface area (Å²) >= 11 is 0. The van der Waals surface area contributed by atoms with Crippen LogP contribution in [0.1, 0.15) is 53.3 Å². The van der Waals surface area contributed by atoms with E-state index in [4.69, 9.17) is 0 Å². The Morgan fingerprint density at radius 3 is 2.68 bits per heavy atom. The summed E-state index contributed by atoms with van der Waals surface area (Å²) in [5.41, 5.74) is 3.45. The molecule has 0 spiro atoms. The number of aromatic nitrogens is 1. The Kier molecular flexibility index (Phi) is 3.10. The van der Waals surface area contributed by atoms with Crippen LogP contribution in [0.15, 0.2) is 42.6 Å². The molecule has 0 radical (unpaired) electrons. The van der Waals surface area contributed by atoms with Gasteiger partial charge in [0.05, 0.1) is 0 Å². The molecule has 1 aromatic carbocycles. The molecule has 114 valence electrons. The minimum atomic E-state index is -0.0259. The Balaban J connectivity index is 1.49. The number of carbonyl (C=O) groups excluding carboxylic acids is 1. The molecule has 0 saturated heterocycles. The first kappa shape index (κ1) is 13.6. The molecule has 1 heterocycles. The van der Waals surface area contributed by atoms with Crippen molar-refractivity contribution < 1.29 is 4.79 Å². The van der Waals surface area contributed by atoms with Gasteiger partial charge in [0.1, 0.15) is 5.69 Å². The normalized spacial score (nSPS) is 19.0. The third-order valence-corrected chi connectivity index (χ3v) is 4.97. The van der Waals surface area contributed by atoms with Crippen molar-refractivity contribution in [2.24, 2.45) is 0 Å². The van der Waals surface area contributed by atoms with Crippen molar-refractivity contribution in [3.8, 4) is 0 Å². The number of nitrogens with zero attached hydrogens (tertiary/aromatic N) is 1. The first-order valence-electron chi connectivity index (χ1n) is 8.21. The maximum atomic E-state index is 12.7. The van der Waals surface area contributed by atoms with Gasteiger partial charge in [-0.15, -0.1) is 0 Å². The van der Waals surface area contributed by atoms with Crippen LogP contribution in [0, 0.1) is 6.92 Å². The van der Waals surface area contributed by atoms with E-state index in [2.05, 4.69) is 41.1 Å². The molecular formula is C19H22N2O. The summed E-state index contributed by atoms with van der Waals surface area (Å²) in [6.45, 7) is 2.14. The highest BCUT2D eigenvalue weighted by Gasteiger charge is 2.44. The van der Waals surface area contributed by atoms with Crippen molar-refractivity contribution in [1.82, 2.24) is 9.88 Å². The molecule has 0 atom stereocenters. The highest BCUT2D eigenvalue weighted by Crippen LogP contribution is 2.40. The Labute approximate surface area is 131 Å². The lowest BCUT2D eigenvalue weighted by atomic mass is 9.99. The maximum Gasteiger partial charge on any atom is 0.268 e. The van der Waals surface area contributed by atoms with Gasteiger partial charge < -0.3 is 9.88 Å². The Morgan fingerprint density at radius 1 is 1.23 bits per heavy atom. The number of rotatable bonds is 5. The van der Waals surface area contributed by atoms with Gasteiger partial charge >= 0.3 is 0 Å². The predicted molar refractivity (Wildman–Crippen MR) is 87.0 cm³/mol. The molecule has 2 fully saturated rings. The van der Waals surface area contributed by atoms with Crippen molar-refractivity contribution in [3.63, 3.8) is 0 Å². The van der Waals surface area contributed by atoms with E-state index in [0.29, 0.717) is 6.04 Å². The zero-order chi connectivity index (χ0) is 15.2. The van der Waals surface area contributed by atoms with Crippen LogP contribution < -0.4 is 5.32 Å². The number of nitrogens with one attached hydrogen (secondary N) is 1. The van der Waals surface area contributed by atoms with E-state index in [-0.39, 0.29) is 11.4 Å². The van der Waals surface area contributed by atoms with E-state index in [1.807, 2.05) is 18.3 Å². The largest absolute Gasteiger partial charge is 0.345 e. The summed E-state index contributed by atoms with van der Waals surface area (Å²) in [4.78, 5) is 12.7. The minimum Gasteiger partial charge on any atom is -0.345 e. The molecule has 22 heavy (non-hydrogen) atoms. The average Bonchev–Trinajstić information content (AvgIpc) is 3.43. The molecule has 2 aliphatic rings. The molecule has 2 saturated carbocycles. The van der Waals surface area contributed by atoms with Crippen LogP contribution in [0.3, 0.4) is 0 Å². The third kappa shape index (κ3) is 2.56. The fraction of sp³-hybridized carbons (Fsp3) is 0.421. The molecule has 2 aliphatic carbocycles.